The Morgan fingerprint density at radius 2 is 1.81 bits per heavy atom. The minimum absolute atomic E-state index is 0.140. The first-order chi connectivity index (χ1) is 15.3. The van der Waals surface area contributed by atoms with Gasteiger partial charge in [-0.05, 0) is 88.8 Å². The lowest BCUT2D eigenvalue weighted by atomic mass is 10.0. The van der Waals surface area contributed by atoms with Crippen LogP contribution in [-0.4, -0.2) is 24.5 Å². The van der Waals surface area contributed by atoms with Crippen LogP contribution >= 0.6 is 15.9 Å². The Kier molecular flexibility index (Phi) is 7.10. The van der Waals surface area contributed by atoms with Crippen LogP contribution in [0.5, 0.6) is 5.75 Å². The number of halogens is 1. The van der Waals surface area contributed by atoms with E-state index in [1.54, 1.807) is 30.4 Å². The summed E-state index contributed by atoms with van der Waals surface area (Å²) < 4.78 is 6.40. The van der Waals surface area contributed by atoms with Gasteiger partial charge in [-0.2, -0.15) is 0 Å². The number of allylic oxidation sites excluding steroid dienone is 1. The van der Waals surface area contributed by atoms with Crippen LogP contribution in [0.15, 0.2) is 65.7 Å². The van der Waals surface area contributed by atoms with Crippen molar-refractivity contribution in [1.29, 1.82) is 0 Å². The fourth-order valence-corrected chi connectivity index (χ4v) is 3.92. The molecule has 1 heterocycles. The Hall–Kier alpha value is -3.45. The van der Waals surface area contributed by atoms with Crippen LogP contribution in [0.2, 0.25) is 0 Å². The molecular weight excluding hydrogens is 472 g/mol. The fourth-order valence-electron chi connectivity index (χ4n) is 3.29. The number of carbonyl (C=O) groups excluding carboxylic acids is 3. The Morgan fingerprint density at radius 3 is 2.47 bits per heavy atom. The normalized spacial score (nSPS) is 15.0. The van der Waals surface area contributed by atoms with Crippen molar-refractivity contribution < 1.29 is 19.1 Å². The van der Waals surface area contributed by atoms with Crippen LogP contribution in [0, 0.1) is 13.8 Å². The zero-order valence-corrected chi connectivity index (χ0v) is 19.5. The molecule has 1 fully saturated rings. The molecule has 1 aliphatic heterocycles. The third-order valence-electron chi connectivity index (χ3n) is 5.01. The average molecular weight is 495 g/mol. The summed E-state index contributed by atoms with van der Waals surface area (Å²) in [6, 6.07) is 8.03. The van der Waals surface area contributed by atoms with Crippen molar-refractivity contribution in [2.24, 2.45) is 0 Å². The van der Waals surface area contributed by atoms with Crippen LogP contribution in [0.4, 0.5) is 10.5 Å². The number of rotatable bonds is 7. The lowest BCUT2D eigenvalue weighted by molar-refractivity contribution is -0.122. The zero-order chi connectivity index (χ0) is 23.4. The van der Waals surface area contributed by atoms with E-state index in [4.69, 9.17) is 4.74 Å². The minimum atomic E-state index is -0.776. The summed E-state index contributed by atoms with van der Waals surface area (Å²) in [6.45, 7) is 11.6. The number of nitrogens with one attached hydrogen (secondary N) is 1. The van der Waals surface area contributed by atoms with E-state index in [0.717, 1.165) is 21.6 Å². The summed E-state index contributed by atoms with van der Waals surface area (Å²) in [6.07, 6.45) is 5.36. The van der Waals surface area contributed by atoms with Gasteiger partial charge in [0.15, 0.2) is 0 Å². The molecule has 2 aromatic carbocycles. The Morgan fingerprint density at radius 1 is 1.06 bits per heavy atom. The SMILES string of the molecule is C=CCOc1c(Br)cc(/C=C2\C(=O)NC(=O)N(c3ccc(C)c(C)c3)C2=O)cc1CC=C. The second-order valence-electron chi connectivity index (χ2n) is 7.31. The molecule has 1 saturated heterocycles. The molecule has 2 aromatic rings. The quantitative estimate of drug-likeness (QED) is 0.332. The van der Waals surface area contributed by atoms with Crippen molar-refractivity contribution in [3.8, 4) is 5.75 Å². The van der Waals surface area contributed by atoms with Crippen LogP contribution in [-0.2, 0) is 16.0 Å². The van der Waals surface area contributed by atoms with E-state index in [2.05, 4.69) is 34.4 Å². The molecule has 6 nitrogen and oxygen atoms in total. The van der Waals surface area contributed by atoms with E-state index in [1.165, 1.54) is 6.08 Å². The molecule has 0 bridgehead atoms. The summed E-state index contributed by atoms with van der Waals surface area (Å²) in [7, 11) is 0. The molecule has 1 aliphatic rings. The topological polar surface area (TPSA) is 75.7 Å². The number of imide groups is 2. The summed E-state index contributed by atoms with van der Waals surface area (Å²) in [4.78, 5) is 39.1. The maximum Gasteiger partial charge on any atom is 0.335 e. The Balaban J connectivity index is 2.04. The number of hydrogen-bond donors (Lipinski definition) is 1. The number of aryl methyl sites for hydroxylation is 2. The molecule has 0 radical (unpaired) electrons. The van der Waals surface area contributed by atoms with Crippen LogP contribution < -0.4 is 15.0 Å². The third-order valence-corrected chi connectivity index (χ3v) is 5.60. The molecule has 1 N–H and O–H groups in total. The molecule has 3 rings (SSSR count). The first-order valence-corrected chi connectivity index (χ1v) is 10.7. The van der Waals surface area contributed by atoms with Gasteiger partial charge in [-0.15, -0.1) is 6.58 Å². The molecule has 4 amide bonds. The van der Waals surface area contributed by atoms with Crippen LogP contribution in [0.1, 0.15) is 22.3 Å². The number of ether oxygens (including phenoxy) is 1. The number of nitrogens with zero attached hydrogens (tertiary/aromatic N) is 1. The van der Waals surface area contributed by atoms with Gasteiger partial charge in [0.25, 0.3) is 11.8 Å². The Bertz CT molecular complexity index is 1170. The summed E-state index contributed by atoms with van der Waals surface area (Å²) in [5.41, 5.74) is 3.65. The largest absolute Gasteiger partial charge is 0.488 e. The van der Waals surface area contributed by atoms with Gasteiger partial charge < -0.3 is 4.74 Å². The molecule has 7 heteroatoms. The smallest absolute Gasteiger partial charge is 0.335 e. The van der Waals surface area contributed by atoms with E-state index < -0.39 is 17.8 Å². The predicted octanol–water partition coefficient (Wildman–Crippen LogP) is 5.03. The zero-order valence-electron chi connectivity index (χ0n) is 17.9. The number of benzene rings is 2. The van der Waals surface area contributed by atoms with E-state index >= 15 is 0 Å². The van der Waals surface area contributed by atoms with Gasteiger partial charge in [-0.1, -0.05) is 24.8 Å². The van der Waals surface area contributed by atoms with Gasteiger partial charge in [0.1, 0.15) is 17.9 Å². The van der Waals surface area contributed by atoms with E-state index in [0.29, 0.717) is 34.5 Å². The molecule has 0 aromatic heterocycles. The van der Waals surface area contributed by atoms with E-state index in [1.807, 2.05) is 26.0 Å². The highest BCUT2D eigenvalue weighted by Gasteiger charge is 2.37. The van der Waals surface area contributed by atoms with Crippen molar-refractivity contribution in [3.05, 3.63) is 87.9 Å². The highest BCUT2D eigenvalue weighted by atomic mass is 79.9. The van der Waals surface area contributed by atoms with Crippen molar-refractivity contribution >= 4 is 45.5 Å². The molecule has 0 unspecified atom stereocenters. The van der Waals surface area contributed by atoms with E-state index in [9.17, 15) is 14.4 Å². The highest BCUT2D eigenvalue weighted by molar-refractivity contribution is 9.10. The lowest BCUT2D eigenvalue weighted by Crippen LogP contribution is -2.54. The van der Waals surface area contributed by atoms with Crippen molar-refractivity contribution in [2.45, 2.75) is 20.3 Å². The van der Waals surface area contributed by atoms with Crippen molar-refractivity contribution in [1.82, 2.24) is 5.32 Å². The number of carbonyl (C=O) groups is 3. The second-order valence-corrected chi connectivity index (χ2v) is 8.16. The van der Waals surface area contributed by atoms with Crippen molar-refractivity contribution in [2.75, 3.05) is 11.5 Å². The first-order valence-electron chi connectivity index (χ1n) is 9.92. The molecular formula is C25H23BrN2O4. The van der Waals surface area contributed by atoms with Gasteiger partial charge in [0.05, 0.1) is 10.2 Å². The summed E-state index contributed by atoms with van der Waals surface area (Å²) >= 11 is 3.49. The number of barbiturate groups is 1. The highest BCUT2D eigenvalue weighted by Crippen LogP contribution is 2.33. The lowest BCUT2D eigenvalue weighted by Gasteiger charge is -2.27. The van der Waals surface area contributed by atoms with Gasteiger partial charge in [-0.3, -0.25) is 14.9 Å². The minimum Gasteiger partial charge on any atom is -0.488 e. The van der Waals surface area contributed by atoms with E-state index in [-0.39, 0.29) is 5.57 Å². The molecule has 0 saturated carbocycles. The maximum absolute atomic E-state index is 13.2. The second kappa shape index (κ2) is 9.78. The maximum atomic E-state index is 13.2. The molecule has 164 valence electrons. The number of urea groups is 1. The summed E-state index contributed by atoms with van der Waals surface area (Å²) in [5.74, 6) is -0.790. The Labute approximate surface area is 195 Å². The third kappa shape index (κ3) is 4.73. The molecule has 0 spiro atoms. The molecule has 32 heavy (non-hydrogen) atoms. The van der Waals surface area contributed by atoms with Crippen LogP contribution in [0.3, 0.4) is 0 Å². The standard InChI is InChI=1S/C25H23BrN2O4/c1-5-7-18-12-17(14-21(26)22(18)32-10-6-2)13-20-23(29)27-25(31)28(24(20)30)19-9-8-15(3)16(4)11-19/h5-6,8-9,11-14H,1-2,7,10H2,3-4H3,(H,27,29,31)/b20-13+. The van der Waals surface area contributed by atoms with Crippen molar-refractivity contribution in [3.63, 3.8) is 0 Å². The fraction of sp³-hybridized carbons (Fsp3) is 0.160. The number of amides is 4. The molecule has 0 aliphatic carbocycles. The average Bonchev–Trinajstić information content (AvgIpc) is 2.73. The van der Waals surface area contributed by atoms with Gasteiger partial charge in [0.2, 0.25) is 0 Å². The predicted molar refractivity (Wildman–Crippen MR) is 129 cm³/mol. The molecule has 0 atom stereocenters. The summed E-state index contributed by atoms with van der Waals surface area (Å²) in [5, 5.41) is 2.25. The monoisotopic (exact) mass is 494 g/mol. The number of anilines is 1. The van der Waals surface area contributed by atoms with Crippen LogP contribution in [0.25, 0.3) is 6.08 Å². The van der Waals surface area contributed by atoms with Gasteiger partial charge in [-0.25, -0.2) is 9.69 Å². The first kappa shape index (κ1) is 23.2. The van der Waals surface area contributed by atoms with Gasteiger partial charge >= 0.3 is 6.03 Å². The number of hydrogen-bond acceptors (Lipinski definition) is 4. The van der Waals surface area contributed by atoms with Gasteiger partial charge in [0, 0.05) is 0 Å².